The van der Waals surface area contributed by atoms with Gasteiger partial charge >= 0.3 is 11.9 Å². The highest BCUT2D eigenvalue weighted by atomic mass is 16.6. The maximum atomic E-state index is 10.6. The van der Waals surface area contributed by atoms with Crippen LogP contribution in [0.1, 0.15) is 10.5 Å². The van der Waals surface area contributed by atoms with Gasteiger partial charge in [-0.05, 0) is 17.1 Å². The summed E-state index contributed by atoms with van der Waals surface area (Å²) in [6, 6.07) is 2.69. The molecule has 2 aromatic rings. The summed E-state index contributed by atoms with van der Waals surface area (Å²) in [7, 11) is 0. The summed E-state index contributed by atoms with van der Waals surface area (Å²) in [5.74, 6) is -1.69. The van der Waals surface area contributed by atoms with Gasteiger partial charge in [-0.25, -0.2) is 9.78 Å². The molecule has 9 nitrogen and oxygen atoms in total. The molecule has 0 fully saturated rings. The van der Waals surface area contributed by atoms with Crippen LogP contribution < -0.4 is 0 Å². The van der Waals surface area contributed by atoms with Gasteiger partial charge in [-0.15, -0.1) is 4.68 Å². The van der Waals surface area contributed by atoms with Crippen LogP contribution in [-0.2, 0) is 0 Å². The Morgan fingerprint density at radius 2 is 2.18 bits per heavy atom. The summed E-state index contributed by atoms with van der Waals surface area (Å²) in [6.45, 7) is 0. The predicted octanol–water partition coefficient (Wildman–Crippen LogP) is 0.269. The Balaban J connectivity index is 2.33. The lowest BCUT2D eigenvalue weighted by Gasteiger charge is -1.96. The predicted molar refractivity (Wildman–Crippen MR) is 52.8 cm³/mol. The first kappa shape index (κ1) is 10.7. The van der Waals surface area contributed by atoms with E-state index in [-0.39, 0.29) is 5.69 Å². The molecule has 0 aliphatic carbocycles. The summed E-state index contributed by atoms with van der Waals surface area (Å²) in [5, 5.41) is 22.6. The second kappa shape index (κ2) is 3.96. The molecule has 1 N–H and O–H groups in total. The van der Waals surface area contributed by atoms with Crippen molar-refractivity contribution >= 4 is 11.9 Å². The number of carbonyl (C=O) groups is 1. The van der Waals surface area contributed by atoms with E-state index < -0.39 is 16.8 Å². The number of nitrogens with zero attached hydrogens (tertiary/aromatic N) is 5. The van der Waals surface area contributed by atoms with Crippen molar-refractivity contribution in [2.24, 2.45) is 0 Å². The average Bonchev–Trinajstić information content (AvgIpc) is 2.78. The first-order valence-corrected chi connectivity index (χ1v) is 4.33. The Morgan fingerprint density at radius 3 is 2.65 bits per heavy atom. The zero-order chi connectivity index (χ0) is 12.4. The molecule has 2 rings (SSSR count). The van der Waals surface area contributed by atoms with E-state index in [0.717, 1.165) is 11.0 Å². The van der Waals surface area contributed by atoms with Crippen molar-refractivity contribution in [1.82, 2.24) is 19.7 Å². The lowest BCUT2D eigenvalue weighted by Crippen LogP contribution is -2.02. The molecule has 0 amide bonds. The van der Waals surface area contributed by atoms with Crippen molar-refractivity contribution in [1.29, 1.82) is 0 Å². The van der Waals surface area contributed by atoms with Gasteiger partial charge in [0.2, 0.25) is 6.33 Å². The zero-order valence-corrected chi connectivity index (χ0v) is 8.22. The highest BCUT2D eigenvalue weighted by molar-refractivity contribution is 5.85. The minimum absolute atomic E-state index is 0.122. The van der Waals surface area contributed by atoms with Crippen LogP contribution in [0, 0.1) is 10.1 Å². The fraction of sp³-hybridized carbons (Fsp3) is 0. The van der Waals surface area contributed by atoms with Crippen LogP contribution in [0.5, 0.6) is 0 Å². The number of pyridine rings is 1. The van der Waals surface area contributed by atoms with Gasteiger partial charge in [-0.1, -0.05) is 4.98 Å². The summed E-state index contributed by atoms with van der Waals surface area (Å²) in [5.41, 5.74) is 0.263. The second-order valence-corrected chi connectivity index (χ2v) is 2.95. The van der Waals surface area contributed by atoms with E-state index in [2.05, 4.69) is 15.1 Å². The number of carboxylic acid groups (broad SMARTS) is 1. The molecule has 0 spiro atoms. The number of hydrogen-bond donors (Lipinski definition) is 1. The molecule has 86 valence electrons. The summed E-state index contributed by atoms with van der Waals surface area (Å²) in [4.78, 5) is 27.3. The van der Waals surface area contributed by atoms with Gasteiger partial charge in [-0.2, -0.15) is 0 Å². The molecule has 2 heterocycles. The molecule has 0 aliphatic heterocycles. The van der Waals surface area contributed by atoms with Crippen molar-refractivity contribution in [3.63, 3.8) is 0 Å². The van der Waals surface area contributed by atoms with Crippen molar-refractivity contribution in [2.75, 3.05) is 0 Å². The van der Waals surface area contributed by atoms with Crippen LogP contribution in [0.25, 0.3) is 5.69 Å². The molecule has 2 aromatic heterocycles. The Labute approximate surface area is 93.5 Å². The lowest BCUT2D eigenvalue weighted by molar-refractivity contribution is -0.394. The number of hydrogen-bond acceptors (Lipinski definition) is 6. The summed E-state index contributed by atoms with van der Waals surface area (Å²) >= 11 is 0. The third-order valence-electron chi connectivity index (χ3n) is 1.87. The molecule has 0 unspecified atom stereocenters. The van der Waals surface area contributed by atoms with Crippen molar-refractivity contribution in [3.8, 4) is 5.69 Å². The molecule has 0 atom stereocenters. The number of carboxylic acids is 1. The monoisotopic (exact) mass is 235 g/mol. The molecule has 17 heavy (non-hydrogen) atoms. The molecule has 0 aliphatic rings. The number of aromatic carboxylic acids is 1. The highest BCUT2D eigenvalue weighted by Crippen LogP contribution is 2.08. The van der Waals surface area contributed by atoms with Crippen LogP contribution in [0.4, 0.5) is 5.95 Å². The largest absolute Gasteiger partial charge is 0.491 e. The third kappa shape index (κ3) is 2.07. The van der Waals surface area contributed by atoms with E-state index in [1.165, 1.54) is 18.3 Å². The van der Waals surface area contributed by atoms with Gasteiger partial charge in [0.25, 0.3) is 0 Å². The van der Waals surface area contributed by atoms with Gasteiger partial charge in [-0.3, -0.25) is 0 Å². The minimum Gasteiger partial charge on any atom is -0.477 e. The van der Waals surface area contributed by atoms with Crippen molar-refractivity contribution in [3.05, 3.63) is 40.5 Å². The zero-order valence-electron chi connectivity index (χ0n) is 8.22. The Bertz CT molecular complexity index is 576. The van der Waals surface area contributed by atoms with E-state index in [0.29, 0.717) is 5.69 Å². The van der Waals surface area contributed by atoms with E-state index in [4.69, 9.17) is 5.11 Å². The average molecular weight is 235 g/mol. The fourth-order valence-corrected chi connectivity index (χ4v) is 1.11. The standard InChI is InChI=1S/C8H5N5O4/c14-7(15)6-2-1-5(3-9-6)12-4-10-8(11-12)13(16)17/h1-4H,(H,14,15). The first-order chi connectivity index (χ1) is 8.08. The quantitative estimate of drug-likeness (QED) is 0.597. The van der Waals surface area contributed by atoms with Gasteiger partial charge in [0.15, 0.2) is 0 Å². The summed E-state index contributed by atoms with van der Waals surface area (Å²) < 4.78 is 1.14. The molecule has 0 bridgehead atoms. The molecule has 9 heteroatoms. The number of aromatic nitrogens is 4. The maximum absolute atomic E-state index is 10.6. The Kier molecular flexibility index (Phi) is 2.49. The molecular weight excluding hydrogens is 230 g/mol. The normalized spacial score (nSPS) is 10.1. The van der Waals surface area contributed by atoms with E-state index >= 15 is 0 Å². The van der Waals surface area contributed by atoms with Crippen molar-refractivity contribution < 1.29 is 14.8 Å². The van der Waals surface area contributed by atoms with E-state index in [9.17, 15) is 14.9 Å². The fourth-order valence-electron chi connectivity index (χ4n) is 1.11. The topological polar surface area (TPSA) is 124 Å². The lowest BCUT2D eigenvalue weighted by atomic mass is 10.3. The van der Waals surface area contributed by atoms with E-state index in [1.54, 1.807) is 0 Å². The molecule has 0 aromatic carbocycles. The molecule has 0 saturated heterocycles. The molecule has 0 saturated carbocycles. The maximum Gasteiger partial charge on any atom is 0.491 e. The van der Waals surface area contributed by atoms with Gasteiger partial charge in [0.05, 0.1) is 6.20 Å². The number of rotatable bonds is 3. The number of nitro groups is 1. The van der Waals surface area contributed by atoms with Crippen LogP contribution in [0.15, 0.2) is 24.7 Å². The van der Waals surface area contributed by atoms with Gasteiger partial charge in [0.1, 0.15) is 11.4 Å². The van der Waals surface area contributed by atoms with Crippen LogP contribution in [0.2, 0.25) is 0 Å². The smallest absolute Gasteiger partial charge is 0.477 e. The first-order valence-electron chi connectivity index (χ1n) is 4.33. The van der Waals surface area contributed by atoms with Crippen LogP contribution >= 0.6 is 0 Å². The SMILES string of the molecule is O=C(O)c1ccc(-n2cnc([N+](=O)[O-])n2)cn1. The third-order valence-corrected chi connectivity index (χ3v) is 1.87. The van der Waals surface area contributed by atoms with Crippen molar-refractivity contribution in [2.45, 2.75) is 0 Å². The van der Waals surface area contributed by atoms with Crippen LogP contribution in [-0.4, -0.2) is 35.7 Å². The van der Waals surface area contributed by atoms with E-state index in [1.807, 2.05) is 0 Å². The molecule has 0 radical (unpaired) electrons. The highest BCUT2D eigenvalue weighted by Gasteiger charge is 2.14. The second-order valence-electron chi connectivity index (χ2n) is 2.95. The Hall–Kier alpha value is -2.84. The minimum atomic E-state index is -1.15. The Morgan fingerprint density at radius 1 is 1.41 bits per heavy atom. The summed E-state index contributed by atoms with van der Waals surface area (Å²) in [6.07, 6.45) is 2.39. The molecular formula is C8H5N5O4. The van der Waals surface area contributed by atoms with Gasteiger partial charge in [0, 0.05) is 5.10 Å². The van der Waals surface area contributed by atoms with Crippen LogP contribution in [0.3, 0.4) is 0 Å². The van der Waals surface area contributed by atoms with Gasteiger partial charge < -0.3 is 15.2 Å².